The van der Waals surface area contributed by atoms with E-state index in [1.165, 1.54) is 35.5 Å². The van der Waals surface area contributed by atoms with Crippen LogP contribution in [0.4, 0.5) is 4.39 Å². The van der Waals surface area contributed by atoms with Crippen molar-refractivity contribution in [2.75, 3.05) is 13.1 Å². The number of amides is 1. The SMILES string of the molecule is N#C[C@@H]1C[C@H](F)CN1C(=O)CN[C@@H]1CC[C@H](Cn2cncn2)C1.O=S(=O)(O)c1cccc2c(S(=O)(=O)O)cccc12. The van der Waals surface area contributed by atoms with Gasteiger partial charge in [0.05, 0.1) is 19.2 Å². The van der Waals surface area contributed by atoms with Crippen molar-refractivity contribution < 1.29 is 35.1 Å². The average Bonchev–Trinajstić information content (AvgIpc) is 3.68. The summed E-state index contributed by atoms with van der Waals surface area (Å²) < 4.78 is 77.9. The Hall–Kier alpha value is -3.49. The first-order valence-corrected chi connectivity index (χ1v) is 15.6. The largest absolute Gasteiger partial charge is 0.323 e. The molecule has 0 unspecified atom stereocenters. The number of nitrogens with zero attached hydrogens (tertiary/aromatic N) is 5. The van der Waals surface area contributed by atoms with E-state index in [0.717, 1.165) is 37.9 Å². The number of nitrogens with one attached hydrogen (secondary N) is 1. The number of hydrogen-bond acceptors (Lipinski definition) is 9. The molecule has 4 atom stereocenters. The summed E-state index contributed by atoms with van der Waals surface area (Å²) in [7, 11) is -8.94. The molecule has 0 bridgehead atoms. The van der Waals surface area contributed by atoms with Gasteiger partial charge in [-0.15, -0.1) is 0 Å². The number of alkyl halides is 1. The highest BCUT2D eigenvalue weighted by Crippen LogP contribution is 2.28. The molecule has 1 aromatic heterocycles. The van der Waals surface area contributed by atoms with Crippen LogP contribution >= 0.6 is 0 Å². The zero-order valence-corrected chi connectivity index (χ0v) is 23.4. The topological polar surface area (TPSA) is 196 Å². The molecule has 13 nitrogen and oxygen atoms in total. The van der Waals surface area contributed by atoms with Crippen LogP contribution in [0.2, 0.25) is 0 Å². The minimum atomic E-state index is -4.47. The van der Waals surface area contributed by atoms with Gasteiger partial charge in [-0.2, -0.15) is 27.2 Å². The van der Waals surface area contributed by atoms with Gasteiger partial charge >= 0.3 is 0 Å². The predicted octanol–water partition coefficient (Wildman–Crippen LogP) is 1.83. The van der Waals surface area contributed by atoms with Crippen molar-refractivity contribution in [3.8, 4) is 6.07 Å². The van der Waals surface area contributed by atoms with Crippen LogP contribution in [0.15, 0.2) is 58.8 Å². The van der Waals surface area contributed by atoms with E-state index in [0.29, 0.717) is 5.92 Å². The fourth-order valence-electron chi connectivity index (χ4n) is 5.24. The first-order chi connectivity index (χ1) is 19.4. The summed E-state index contributed by atoms with van der Waals surface area (Å²) in [6.45, 7) is 1.06. The van der Waals surface area contributed by atoms with Crippen LogP contribution in [-0.2, 0) is 31.6 Å². The number of benzene rings is 2. The Morgan fingerprint density at radius 2 is 1.68 bits per heavy atom. The minimum Gasteiger partial charge on any atom is -0.323 e. The molecule has 41 heavy (non-hydrogen) atoms. The molecule has 2 fully saturated rings. The monoisotopic (exact) mass is 608 g/mol. The summed E-state index contributed by atoms with van der Waals surface area (Å²) >= 11 is 0. The van der Waals surface area contributed by atoms with Crippen LogP contribution in [0.5, 0.6) is 0 Å². The molecule has 0 radical (unpaired) electrons. The van der Waals surface area contributed by atoms with E-state index < -0.39 is 42.2 Å². The molecule has 2 aliphatic rings. The normalized spacial score (nSPS) is 22.7. The van der Waals surface area contributed by atoms with Gasteiger partial charge in [-0.1, -0.05) is 24.3 Å². The maximum atomic E-state index is 13.4. The van der Waals surface area contributed by atoms with Gasteiger partial charge in [-0.25, -0.2) is 9.37 Å². The lowest BCUT2D eigenvalue weighted by atomic mass is 10.1. The Kier molecular flexibility index (Phi) is 9.34. The number of fused-ring (bicyclic) bond motifs is 1. The number of aromatic nitrogens is 3. The molecular weight excluding hydrogens is 579 g/mol. The van der Waals surface area contributed by atoms with Crippen LogP contribution in [0.1, 0.15) is 25.7 Å². The van der Waals surface area contributed by atoms with Crippen molar-refractivity contribution >= 4 is 36.9 Å². The Balaban J connectivity index is 0.000000195. The molecule has 16 heteroatoms. The molecule has 1 amide bonds. The third-order valence-electron chi connectivity index (χ3n) is 7.11. The number of likely N-dealkylation sites (tertiary alicyclic amines) is 1. The third kappa shape index (κ3) is 7.63. The van der Waals surface area contributed by atoms with Crippen molar-refractivity contribution in [1.82, 2.24) is 25.0 Å². The quantitative estimate of drug-likeness (QED) is 0.331. The van der Waals surface area contributed by atoms with E-state index in [1.54, 1.807) is 6.33 Å². The fraction of sp³-hybridized carbons (Fsp3) is 0.440. The summed E-state index contributed by atoms with van der Waals surface area (Å²) in [5, 5.41) is 16.4. The van der Waals surface area contributed by atoms with Crippen LogP contribution in [-0.4, -0.2) is 82.9 Å². The van der Waals surface area contributed by atoms with Gasteiger partial charge in [0.2, 0.25) is 5.91 Å². The standard InChI is InChI=1S/C15H21FN6O.C10H8O6S2/c16-12-4-14(5-17)22(8-12)15(23)6-19-13-2-1-11(3-13)7-21-10-18-9-20-21;11-17(12,13)9-5-1-3-7-8(9)4-2-6-10(7)18(14,15)16/h9-14,19H,1-4,6-8H2;1-6H,(H,11,12,13)(H,14,15,16)/t11-,12-,13+,14-;/m0./s1. The molecule has 5 rings (SSSR count). The number of hydrogen-bond donors (Lipinski definition) is 3. The lowest BCUT2D eigenvalue weighted by Gasteiger charge is -2.21. The lowest BCUT2D eigenvalue weighted by Crippen LogP contribution is -2.43. The Morgan fingerprint density at radius 3 is 2.22 bits per heavy atom. The summed E-state index contributed by atoms with van der Waals surface area (Å²) in [5.41, 5.74) is 0. The molecule has 1 saturated heterocycles. The highest BCUT2D eigenvalue weighted by molar-refractivity contribution is 7.86. The van der Waals surface area contributed by atoms with Crippen molar-refractivity contribution in [3.05, 3.63) is 49.1 Å². The molecule has 220 valence electrons. The minimum absolute atomic E-state index is 0.0233. The van der Waals surface area contributed by atoms with Crippen LogP contribution in [0.3, 0.4) is 0 Å². The lowest BCUT2D eigenvalue weighted by molar-refractivity contribution is -0.130. The first kappa shape index (κ1) is 30.5. The number of carbonyl (C=O) groups is 1. The van der Waals surface area contributed by atoms with Gasteiger partial charge in [0.1, 0.15) is 34.7 Å². The molecule has 2 heterocycles. The van der Waals surface area contributed by atoms with E-state index in [4.69, 9.17) is 14.4 Å². The van der Waals surface area contributed by atoms with Gasteiger partial charge < -0.3 is 10.2 Å². The van der Waals surface area contributed by atoms with Crippen molar-refractivity contribution in [1.29, 1.82) is 5.26 Å². The number of nitriles is 1. The maximum Gasteiger partial charge on any atom is 0.295 e. The second-order valence-corrected chi connectivity index (χ2v) is 12.7. The third-order valence-corrected chi connectivity index (χ3v) is 8.94. The maximum absolute atomic E-state index is 13.4. The van der Waals surface area contributed by atoms with Crippen molar-refractivity contribution in [3.63, 3.8) is 0 Å². The molecule has 3 aromatic rings. The first-order valence-electron chi connectivity index (χ1n) is 12.7. The van der Waals surface area contributed by atoms with Gasteiger partial charge in [-0.05, 0) is 37.3 Å². The number of rotatable bonds is 7. The summed E-state index contributed by atoms with van der Waals surface area (Å²) in [4.78, 5) is 16.7. The summed E-state index contributed by atoms with van der Waals surface area (Å²) in [6.07, 6.45) is 5.38. The van der Waals surface area contributed by atoms with E-state index in [2.05, 4.69) is 15.4 Å². The van der Waals surface area contributed by atoms with Crippen molar-refractivity contribution in [2.24, 2.45) is 5.92 Å². The van der Waals surface area contributed by atoms with Gasteiger partial charge in [-0.3, -0.25) is 18.6 Å². The molecule has 3 N–H and O–H groups in total. The molecule has 2 aromatic carbocycles. The molecule has 0 spiro atoms. The van der Waals surface area contributed by atoms with Crippen LogP contribution < -0.4 is 5.32 Å². The summed E-state index contributed by atoms with van der Waals surface area (Å²) in [6, 6.07) is 9.20. The van der Waals surface area contributed by atoms with E-state index >= 15 is 0 Å². The second-order valence-electron chi connectivity index (χ2n) is 9.96. The Bertz CT molecular complexity index is 1570. The average molecular weight is 609 g/mol. The van der Waals surface area contributed by atoms with Crippen LogP contribution in [0, 0.1) is 17.2 Å². The smallest absolute Gasteiger partial charge is 0.295 e. The van der Waals surface area contributed by atoms with Gasteiger partial charge in [0.15, 0.2) is 0 Å². The molecule has 1 aliphatic carbocycles. The molecule has 1 saturated carbocycles. The highest BCUT2D eigenvalue weighted by Gasteiger charge is 2.35. The molecule has 1 aliphatic heterocycles. The highest BCUT2D eigenvalue weighted by atomic mass is 32.2. The zero-order chi connectivity index (χ0) is 29.8. The fourth-order valence-corrected chi connectivity index (χ4v) is 6.65. The predicted molar refractivity (Wildman–Crippen MR) is 143 cm³/mol. The summed E-state index contributed by atoms with van der Waals surface area (Å²) in [5.74, 6) is 0.342. The Labute approximate surface area is 236 Å². The second kappa shape index (κ2) is 12.6. The Morgan fingerprint density at radius 1 is 1.05 bits per heavy atom. The van der Waals surface area contributed by atoms with Gasteiger partial charge in [0, 0.05) is 29.8 Å². The molecular formula is C25H29FN6O7S2. The van der Waals surface area contributed by atoms with Crippen LogP contribution in [0.25, 0.3) is 10.8 Å². The number of halogens is 1. The van der Waals surface area contributed by atoms with Gasteiger partial charge in [0.25, 0.3) is 20.2 Å². The van der Waals surface area contributed by atoms with E-state index in [9.17, 15) is 26.0 Å². The number of carbonyl (C=O) groups excluding carboxylic acids is 1. The van der Waals surface area contributed by atoms with E-state index in [1.807, 2.05) is 10.8 Å². The van der Waals surface area contributed by atoms with E-state index in [-0.39, 0.29) is 42.2 Å². The van der Waals surface area contributed by atoms with Crippen molar-refractivity contribution in [2.45, 2.75) is 60.3 Å². The zero-order valence-electron chi connectivity index (χ0n) is 21.7.